The van der Waals surface area contributed by atoms with Gasteiger partial charge in [0.2, 0.25) is 17.6 Å². The van der Waals surface area contributed by atoms with Gasteiger partial charge in [-0.15, -0.1) is 0 Å². The fourth-order valence-electron chi connectivity index (χ4n) is 3.83. The molecule has 1 aliphatic heterocycles. The van der Waals surface area contributed by atoms with E-state index in [9.17, 15) is 4.79 Å². The van der Waals surface area contributed by atoms with Gasteiger partial charge in [0.15, 0.2) is 0 Å². The number of benzene rings is 1. The molecule has 0 radical (unpaired) electrons. The van der Waals surface area contributed by atoms with Crippen molar-refractivity contribution in [3.05, 3.63) is 60.7 Å². The van der Waals surface area contributed by atoms with Crippen molar-refractivity contribution in [2.45, 2.75) is 13.5 Å². The minimum atomic E-state index is 0.145. The summed E-state index contributed by atoms with van der Waals surface area (Å²) in [7, 11) is 0. The predicted molar refractivity (Wildman–Crippen MR) is 113 cm³/mol. The summed E-state index contributed by atoms with van der Waals surface area (Å²) in [6.07, 6.45) is 3.74. The van der Waals surface area contributed by atoms with E-state index in [1.165, 1.54) is 0 Å². The molecule has 0 unspecified atom stereocenters. The zero-order valence-corrected chi connectivity index (χ0v) is 16.7. The van der Waals surface area contributed by atoms with E-state index >= 15 is 0 Å². The number of amides is 1. The van der Waals surface area contributed by atoms with Gasteiger partial charge >= 0.3 is 0 Å². The van der Waals surface area contributed by atoms with Crippen LogP contribution >= 0.6 is 0 Å². The SMILES string of the molecule is Cc1nc(-c2ccc(N3CCN(C(=O)Cn4ccc5ccccc54)CC3)nc2)no1. The molecule has 1 amide bonds. The lowest BCUT2D eigenvalue weighted by molar-refractivity contribution is -0.132. The van der Waals surface area contributed by atoms with Gasteiger partial charge in [-0.2, -0.15) is 4.98 Å². The lowest BCUT2D eigenvalue weighted by atomic mass is 10.2. The Morgan fingerprint density at radius 1 is 1.07 bits per heavy atom. The van der Waals surface area contributed by atoms with Crippen LogP contribution in [0.3, 0.4) is 0 Å². The smallest absolute Gasteiger partial charge is 0.242 e. The topological polar surface area (TPSA) is 80.3 Å². The molecule has 4 aromatic rings. The first kappa shape index (κ1) is 18.4. The molecule has 4 heterocycles. The highest BCUT2D eigenvalue weighted by Crippen LogP contribution is 2.20. The van der Waals surface area contributed by atoms with Gasteiger partial charge in [0, 0.05) is 56.6 Å². The van der Waals surface area contributed by atoms with E-state index in [-0.39, 0.29) is 5.91 Å². The maximum atomic E-state index is 12.8. The van der Waals surface area contributed by atoms with Crippen molar-refractivity contribution in [2.24, 2.45) is 0 Å². The molecule has 0 N–H and O–H groups in total. The van der Waals surface area contributed by atoms with E-state index in [1.807, 2.05) is 52.1 Å². The Hall–Kier alpha value is -3.68. The number of anilines is 1. The van der Waals surface area contributed by atoms with E-state index in [2.05, 4.69) is 26.1 Å². The molecule has 0 spiro atoms. The first-order valence-electron chi connectivity index (χ1n) is 10.0. The number of piperazine rings is 1. The Bertz CT molecular complexity index is 1170. The molecular weight excluding hydrogens is 380 g/mol. The monoisotopic (exact) mass is 402 g/mol. The van der Waals surface area contributed by atoms with Crippen LogP contribution in [0, 0.1) is 6.92 Å². The molecule has 5 rings (SSSR count). The Morgan fingerprint density at radius 3 is 2.63 bits per heavy atom. The fraction of sp³-hybridized carbons (Fsp3) is 0.273. The zero-order chi connectivity index (χ0) is 20.5. The summed E-state index contributed by atoms with van der Waals surface area (Å²) in [6.45, 7) is 5.01. The number of aromatic nitrogens is 4. The number of carbonyl (C=O) groups excluding carboxylic acids is 1. The third kappa shape index (κ3) is 3.52. The average molecular weight is 402 g/mol. The lowest BCUT2D eigenvalue weighted by Crippen LogP contribution is -2.49. The second-order valence-electron chi connectivity index (χ2n) is 7.41. The van der Waals surface area contributed by atoms with Gasteiger partial charge in [0.1, 0.15) is 12.4 Å². The number of aryl methyl sites for hydroxylation is 1. The predicted octanol–water partition coefficient (Wildman–Crippen LogP) is 2.74. The van der Waals surface area contributed by atoms with Crippen LogP contribution < -0.4 is 4.90 Å². The van der Waals surface area contributed by atoms with Gasteiger partial charge in [0.05, 0.1) is 0 Å². The number of carbonyl (C=O) groups is 1. The number of hydrogen-bond donors (Lipinski definition) is 0. The van der Waals surface area contributed by atoms with Crippen LogP contribution in [0.15, 0.2) is 59.4 Å². The fourth-order valence-corrected chi connectivity index (χ4v) is 3.83. The van der Waals surface area contributed by atoms with Crippen molar-refractivity contribution in [1.82, 2.24) is 24.6 Å². The Labute approximate surface area is 173 Å². The summed E-state index contributed by atoms with van der Waals surface area (Å²) in [4.78, 5) is 25.7. The highest BCUT2D eigenvalue weighted by molar-refractivity contribution is 5.83. The zero-order valence-electron chi connectivity index (χ0n) is 16.7. The van der Waals surface area contributed by atoms with Gasteiger partial charge in [-0.25, -0.2) is 4.98 Å². The molecule has 0 saturated carbocycles. The van der Waals surface area contributed by atoms with E-state index in [0.717, 1.165) is 35.4 Å². The van der Waals surface area contributed by atoms with Crippen molar-refractivity contribution in [1.29, 1.82) is 0 Å². The van der Waals surface area contributed by atoms with Crippen molar-refractivity contribution in [2.75, 3.05) is 31.1 Å². The van der Waals surface area contributed by atoms with Gasteiger partial charge in [-0.1, -0.05) is 23.4 Å². The minimum Gasteiger partial charge on any atom is -0.353 e. The molecular formula is C22H22N6O2. The maximum Gasteiger partial charge on any atom is 0.242 e. The van der Waals surface area contributed by atoms with E-state index in [1.54, 1.807) is 13.1 Å². The molecule has 1 aliphatic rings. The van der Waals surface area contributed by atoms with E-state index < -0.39 is 0 Å². The quantitative estimate of drug-likeness (QED) is 0.522. The standard InChI is InChI=1S/C22H22N6O2/c1-16-24-22(25-30-16)18-6-7-20(23-14-18)26-10-12-27(13-11-26)21(29)15-28-9-8-17-4-2-3-5-19(17)28/h2-9,14H,10-13,15H2,1H3. The highest BCUT2D eigenvalue weighted by atomic mass is 16.5. The molecule has 0 atom stereocenters. The van der Waals surface area contributed by atoms with Crippen LogP contribution in [0.5, 0.6) is 0 Å². The maximum absolute atomic E-state index is 12.8. The van der Waals surface area contributed by atoms with Crippen molar-refractivity contribution in [3.8, 4) is 11.4 Å². The molecule has 1 saturated heterocycles. The number of rotatable bonds is 4. The number of para-hydroxylation sites is 1. The minimum absolute atomic E-state index is 0.145. The summed E-state index contributed by atoms with van der Waals surface area (Å²) in [5.41, 5.74) is 1.91. The first-order chi connectivity index (χ1) is 14.7. The van der Waals surface area contributed by atoms with Crippen LogP contribution in [0.2, 0.25) is 0 Å². The molecule has 0 aliphatic carbocycles. The van der Waals surface area contributed by atoms with E-state index in [0.29, 0.717) is 31.3 Å². The third-order valence-electron chi connectivity index (χ3n) is 5.48. The molecule has 0 bridgehead atoms. The van der Waals surface area contributed by atoms with Crippen molar-refractivity contribution < 1.29 is 9.32 Å². The van der Waals surface area contributed by atoms with Crippen molar-refractivity contribution >= 4 is 22.6 Å². The molecule has 152 valence electrons. The molecule has 3 aromatic heterocycles. The summed E-state index contributed by atoms with van der Waals surface area (Å²) in [5.74, 6) is 2.11. The van der Waals surface area contributed by atoms with Crippen molar-refractivity contribution in [3.63, 3.8) is 0 Å². The number of pyridine rings is 1. The van der Waals surface area contributed by atoms with Crippen LogP contribution in [-0.2, 0) is 11.3 Å². The van der Waals surface area contributed by atoms with Gasteiger partial charge < -0.3 is 18.9 Å². The third-order valence-corrected chi connectivity index (χ3v) is 5.48. The summed E-state index contributed by atoms with van der Waals surface area (Å²) < 4.78 is 7.04. The van der Waals surface area contributed by atoms with Crippen LogP contribution in [0.1, 0.15) is 5.89 Å². The second kappa shape index (κ2) is 7.62. The van der Waals surface area contributed by atoms with Crippen LogP contribution in [-0.4, -0.2) is 56.7 Å². The molecule has 8 nitrogen and oxygen atoms in total. The Morgan fingerprint density at radius 2 is 1.90 bits per heavy atom. The van der Waals surface area contributed by atoms with E-state index in [4.69, 9.17) is 4.52 Å². The van der Waals surface area contributed by atoms with Crippen LogP contribution in [0.4, 0.5) is 5.82 Å². The molecule has 30 heavy (non-hydrogen) atoms. The second-order valence-corrected chi connectivity index (χ2v) is 7.41. The van der Waals surface area contributed by atoms with Gasteiger partial charge in [-0.05, 0) is 29.7 Å². The normalized spacial score (nSPS) is 14.4. The average Bonchev–Trinajstić information content (AvgIpc) is 3.40. The Kier molecular flexibility index (Phi) is 4.66. The summed E-state index contributed by atoms with van der Waals surface area (Å²) >= 11 is 0. The summed E-state index contributed by atoms with van der Waals surface area (Å²) in [6, 6.07) is 14.1. The number of nitrogens with zero attached hydrogens (tertiary/aromatic N) is 6. The largest absolute Gasteiger partial charge is 0.353 e. The summed E-state index contributed by atoms with van der Waals surface area (Å²) in [5, 5.41) is 5.07. The molecule has 1 fully saturated rings. The van der Waals surface area contributed by atoms with Gasteiger partial charge in [-0.3, -0.25) is 4.79 Å². The van der Waals surface area contributed by atoms with Crippen LogP contribution in [0.25, 0.3) is 22.3 Å². The molecule has 8 heteroatoms. The number of hydrogen-bond acceptors (Lipinski definition) is 6. The van der Waals surface area contributed by atoms with Gasteiger partial charge in [0.25, 0.3) is 0 Å². The Balaban J connectivity index is 1.20. The molecule has 1 aromatic carbocycles. The first-order valence-corrected chi connectivity index (χ1v) is 10.0. The lowest BCUT2D eigenvalue weighted by Gasteiger charge is -2.35. The number of fused-ring (bicyclic) bond motifs is 1. The highest BCUT2D eigenvalue weighted by Gasteiger charge is 2.22.